The van der Waals surface area contributed by atoms with Crippen molar-refractivity contribution in [3.05, 3.63) is 0 Å². The van der Waals surface area contributed by atoms with Gasteiger partial charge in [-0.1, -0.05) is 142 Å². The van der Waals surface area contributed by atoms with Crippen LogP contribution in [0.4, 0.5) is 0 Å². The van der Waals surface area contributed by atoms with Crippen LogP contribution in [0, 0.1) is 0 Å². The Morgan fingerprint density at radius 1 is 0.500 bits per heavy atom. The van der Waals surface area contributed by atoms with E-state index < -0.39 is 0 Å². The van der Waals surface area contributed by atoms with Crippen molar-refractivity contribution < 1.29 is 4.48 Å². The topological polar surface area (TPSA) is 64.4 Å². The van der Waals surface area contributed by atoms with Crippen molar-refractivity contribution >= 4 is 5.96 Å². The fourth-order valence-electron chi connectivity index (χ4n) is 5.47. The quantitative estimate of drug-likeness (QED) is 0.0477. The lowest BCUT2D eigenvalue weighted by molar-refractivity contribution is -0.931. The van der Waals surface area contributed by atoms with Crippen LogP contribution in [0.3, 0.4) is 0 Å². The molecule has 0 aromatic carbocycles. The Bertz CT molecular complexity index is 445. The van der Waals surface area contributed by atoms with Crippen LogP contribution in [0.2, 0.25) is 0 Å². The molecule has 0 aliphatic carbocycles. The third kappa shape index (κ3) is 22.4. The molecule has 4 N–H and O–H groups in total. The third-order valence-corrected chi connectivity index (χ3v) is 8.28. The Morgan fingerprint density at radius 3 is 1.00 bits per heavy atom. The molecule has 0 aromatic rings. The molecule has 0 saturated carbocycles. The average Bonchev–Trinajstić information content (AvgIpc) is 2.85. The van der Waals surface area contributed by atoms with Crippen molar-refractivity contribution in [2.24, 2.45) is 16.5 Å². The monoisotopic (exact) mass is 510 g/mol. The summed E-state index contributed by atoms with van der Waals surface area (Å²) in [5.74, 6) is 0.233. The summed E-state index contributed by atoms with van der Waals surface area (Å²) in [6, 6.07) is 0. The highest BCUT2D eigenvalue weighted by Crippen LogP contribution is 2.19. The molecule has 0 rings (SSSR count). The summed E-state index contributed by atoms with van der Waals surface area (Å²) in [6.07, 6.45) is 33.7. The molecule has 216 valence electrons. The number of aliphatic imine (C=N–C) groups is 1. The van der Waals surface area contributed by atoms with E-state index in [0.29, 0.717) is 0 Å². The molecule has 0 fully saturated rings. The largest absolute Gasteiger partial charge is 0.370 e. The van der Waals surface area contributed by atoms with E-state index in [0.717, 1.165) is 4.48 Å². The van der Waals surface area contributed by atoms with Crippen LogP contribution < -0.4 is 11.5 Å². The first-order valence-electron chi connectivity index (χ1n) is 16.4. The number of nitrogens with zero attached hydrogens (tertiary/aromatic N) is 2. The molecule has 1 unspecified atom stereocenters. The summed E-state index contributed by atoms with van der Waals surface area (Å²) in [5.41, 5.74) is 11.5. The molecule has 0 heterocycles. The van der Waals surface area contributed by atoms with Gasteiger partial charge >= 0.3 is 0 Å². The first-order valence-corrected chi connectivity index (χ1v) is 16.4. The smallest absolute Gasteiger partial charge is 0.191 e. The maximum absolute atomic E-state index is 5.74. The Morgan fingerprint density at radius 2 is 0.750 bits per heavy atom. The number of hydrogen-bond acceptors (Lipinski definition) is 1. The molecule has 0 radical (unpaired) electrons. The predicted octanol–water partition coefficient (Wildman–Crippen LogP) is 9.45. The van der Waals surface area contributed by atoms with Gasteiger partial charge in [-0.2, -0.15) is 4.99 Å². The molecule has 4 heteroatoms. The van der Waals surface area contributed by atoms with Gasteiger partial charge in [0, 0.05) is 6.92 Å². The van der Waals surface area contributed by atoms with E-state index in [-0.39, 0.29) is 12.1 Å². The fraction of sp³-hybridized carbons (Fsp3) is 0.969. The van der Waals surface area contributed by atoms with Crippen molar-refractivity contribution in [1.82, 2.24) is 0 Å². The lowest BCUT2D eigenvalue weighted by atomic mass is 10.0. The van der Waals surface area contributed by atoms with Gasteiger partial charge in [-0.15, -0.1) is 0 Å². The second-order valence-electron chi connectivity index (χ2n) is 11.9. The second kappa shape index (κ2) is 25.9. The van der Waals surface area contributed by atoms with Gasteiger partial charge in [-0.05, 0) is 25.7 Å². The number of rotatable bonds is 28. The summed E-state index contributed by atoms with van der Waals surface area (Å²) in [7, 11) is 2.37. The zero-order valence-corrected chi connectivity index (χ0v) is 25.5. The molecular formula is C32H69N4+. The van der Waals surface area contributed by atoms with E-state index in [2.05, 4.69) is 32.8 Å². The molecule has 0 aliphatic heterocycles. The van der Waals surface area contributed by atoms with Gasteiger partial charge in [-0.25, -0.2) is 0 Å². The Kier molecular flexibility index (Phi) is 25.3. The predicted molar refractivity (Wildman–Crippen MR) is 163 cm³/mol. The molecule has 0 bridgehead atoms. The summed E-state index contributed by atoms with van der Waals surface area (Å²) in [6.45, 7) is 9.16. The van der Waals surface area contributed by atoms with Gasteiger partial charge in [-0.3, -0.25) is 0 Å². The van der Waals surface area contributed by atoms with Crippen LogP contribution >= 0.6 is 0 Å². The lowest BCUT2D eigenvalue weighted by Gasteiger charge is -2.38. The van der Waals surface area contributed by atoms with Crippen LogP contribution in [-0.2, 0) is 0 Å². The van der Waals surface area contributed by atoms with Gasteiger partial charge in [0.2, 0.25) is 0 Å². The zero-order valence-electron chi connectivity index (χ0n) is 25.5. The minimum atomic E-state index is 0.149. The van der Waals surface area contributed by atoms with Crippen molar-refractivity contribution in [1.29, 1.82) is 0 Å². The van der Waals surface area contributed by atoms with E-state index >= 15 is 0 Å². The summed E-state index contributed by atoms with van der Waals surface area (Å²) >= 11 is 0. The van der Waals surface area contributed by atoms with E-state index in [9.17, 15) is 0 Å². The number of guanidine groups is 1. The van der Waals surface area contributed by atoms with Crippen molar-refractivity contribution in [2.45, 2.75) is 181 Å². The number of nitrogens with two attached hydrogens (primary N) is 2. The SMILES string of the molecule is CCCCCCCCCCCCCC[N+](C)(CCCCCCCCCCCCCC)C(C)N=C(N)N. The molecule has 0 aromatic heterocycles. The molecular weight excluding hydrogens is 440 g/mol. The lowest BCUT2D eigenvalue weighted by Crippen LogP contribution is -2.52. The standard InChI is InChI=1S/C32H69N4/c1-5-7-9-11-13-15-17-19-21-23-25-27-29-36(4,31(3)35-32(33)34)30-28-26-24-22-20-18-16-14-12-10-8-6-2/h31H,5-30H2,1-4H3,(H4,33,34,35)/q+1. The van der Waals surface area contributed by atoms with Gasteiger partial charge in [0.1, 0.15) is 0 Å². The maximum Gasteiger partial charge on any atom is 0.191 e. The number of hydrogen-bond donors (Lipinski definition) is 2. The molecule has 0 aliphatic rings. The Balaban J connectivity index is 3.97. The average molecular weight is 510 g/mol. The third-order valence-electron chi connectivity index (χ3n) is 8.28. The van der Waals surface area contributed by atoms with Gasteiger partial charge < -0.3 is 16.0 Å². The van der Waals surface area contributed by atoms with E-state index in [1.165, 1.54) is 167 Å². The normalized spacial score (nSPS) is 12.7. The van der Waals surface area contributed by atoms with E-state index in [1.54, 1.807) is 0 Å². The van der Waals surface area contributed by atoms with Crippen molar-refractivity contribution in [3.63, 3.8) is 0 Å². The molecule has 0 saturated heterocycles. The van der Waals surface area contributed by atoms with Crippen LogP contribution in [0.25, 0.3) is 0 Å². The highest BCUT2D eigenvalue weighted by atomic mass is 15.4. The molecule has 1 atom stereocenters. The van der Waals surface area contributed by atoms with Crippen LogP contribution in [0.15, 0.2) is 4.99 Å². The fourth-order valence-corrected chi connectivity index (χ4v) is 5.47. The molecule has 36 heavy (non-hydrogen) atoms. The van der Waals surface area contributed by atoms with Crippen molar-refractivity contribution in [3.8, 4) is 0 Å². The van der Waals surface area contributed by atoms with E-state index in [4.69, 9.17) is 11.5 Å². The maximum atomic E-state index is 5.74. The molecule has 0 amide bonds. The summed E-state index contributed by atoms with van der Waals surface area (Å²) in [5, 5.41) is 0. The van der Waals surface area contributed by atoms with Crippen LogP contribution in [-0.4, -0.2) is 36.7 Å². The van der Waals surface area contributed by atoms with E-state index in [1.807, 2.05) is 0 Å². The summed E-state index contributed by atoms with van der Waals surface area (Å²) in [4.78, 5) is 4.54. The number of quaternary nitrogens is 1. The first-order chi connectivity index (χ1) is 17.5. The van der Waals surface area contributed by atoms with Crippen molar-refractivity contribution in [2.75, 3.05) is 20.1 Å². The Hall–Kier alpha value is -0.770. The van der Waals surface area contributed by atoms with Gasteiger partial charge in [0.25, 0.3) is 0 Å². The number of unbranched alkanes of at least 4 members (excludes halogenated alkanes) is 22. The highest BCUT2D eigenvalue weighted by molar-refractivity contribution is 5.75. The van der Waals surface area contributed by atoms with Gasteiger partial charge in [0.05, 0.1) is 20.1 Å². The van der Waals surface area contributed by atoms with Crippen LogP contribution in [0.1, 0.15) is 175 Å². The zero-order chi connectivity index (χ0) is 26.7. The second-order valence-corrected chi connectivity index (χ2v) is 11.9. The minimum Gasteiger partial charge on any atom is -0.370 e. The van der Waals surface area contributed by atoms with Gasteiger partial charge in [0.15, 0.2) is 12.1 Å². The minimum absolute atomic E-state index is 0.149. The van der Waals surface area contributed by atoms with Crippen LogP contribution in [0.5, 0.6) is 0 Å². The highest BCUT2D eigenvalue weighted by Gasteiger charge is 2.28. The molecule has 4 nitrogen and oxygen atoms in total. The summed E-state index contributed by atoms with van der Waals surface area (Å²) < 4.78 is 0.980. The molecule has 0 spiro atoms. The Labute approximate surface area is 228 Å². The first kappa shape index (κ1) is 35.2.